The zero-order valence-corrected chi connectivity index (χ0v) is 34.8. The minimum Gasteiger partial charge on any atom is -0.456 e. The Morgan fingerprint density at radius 2 is 0.762 bits per heavy atom. The van der Waals surface area contributed by atoms with Gasteiger partial charge in [0.1, 0.15) is 11.3 Å². The molecule has 0 aliphatic rings. The van der Waals surface area contributed by atoms with Gasteiger partial charge in [-0.3, -0.25) is 0 Å². The molecule has 1 aromatic heterocycles. The molecule has 296 valence electrons. The Labute approximate surface area is 366 Å². The minimum absolute atomic E-state index is 0.920. The van der Waals surface area contributed by atoms with Crippen LogP contribution in [0.15, 0.2) is 235 Å². The number of aryl methyl sites for hydroxylation is 1. The van der Waals surface area contributed by atoms with Crippen LogP contribution >= 0.6 is 0 Å². The summed E-state index contributed by atoms with van der Waals surface area (Å²) in [5.74, 6) is 0.926. The maximum atomic E-state index is 6.32. The molecule has 2 nitrogen and oxygen atoms in total. The van der Waals surface area contributed by atoms with Crippen LogP contribution in [0, 0.1) is 6.92 Å². The van der Waals surface area contributed by atoms with Gasteiger partial charge in [0.15, 0.2) is 0 Å². The second kappa shape index (κ2) is 15.1. The minimum atomic E-state index is 0.920. The number of furan rings is 1. The van der Waals surface area contributed by atoms with Crippen molar-refractivity contribution in [1.82, 2.24) is 0 Å². The summed E-state index contributed by atoms with van der Waals surface area (Å²) in [6.07, 6.45) is 0. The fourth-order valence-corrected chi connectivity index (χ4v) is 9.59. The highest BCUT2D eigenvalue weighted by atomic mass is 16.3. The van der Waals surface area contributed by atoms with Crippen molar-refractivity contribution in [1.29, 1.82) is 0 Å². The summed E-state index contributed by atoms with van der Waals surface area (Å²) in [7, 11) is 0. The van der Waals surface area contributed by atoms with Gasteiger partial charge in [0.25, 0.3) is 0 Å². The lowest BCUT2D eigenvalue weighted by atomic mass is 9.96. The molecular weight excluding hydrogens is 763 g/mol. The van der Waals surface area contributed by atoms with Crippen molar-refractivity contribution in [2.75, 3.05) is 4.90 Å². The van der Waals surface area contributed by atoms with Gasteiger partial charge in [-0.1, -0.05) is 182 Å². The number of hydrogen-bond donors (Lipinski definition) is 0. The summed E-state index contributed by atoms with van der Waals surface area (Å²) in [5, 5.41) is 11.2. The lowest BCUT2D eigenvalue weighted by Crippen LogP contribution is -2.10. The van der Waals surface area contributed by atoms with E-state index in [1.807, 2.05) is 12.1 Å². The summed E-state index contributed by atoms with van der Waals surface area (Å²) in [5.41, 5.74) is 13.6. The second-order valence-corrected chi connectivity index (χ2v) is 16.5. The van der Waals surface area contributed by atoms with Gasteiger partial charge in [0, 0.05) is 33.3 Å². The summed E-state index contributed by atoms with van der Waals surface area (Å²) in [6, 6.07) is 83.6. The van der Waals surface area contributed by atoms with E-state index in [9.17, 15) is 0 Å². The Kier molecular flexibility index (Phi) is 8.76. The Bertz CT molecular complexity index is 3670. The van der Waals surface area contributed by atoms with Crippen molar-refractivity contribution < 1.29 is 4.42 Å². The van der Waals surface area contributed by atoms with E-state index in [2.05, 4.69) is 230 Å². The Hall–Kier alpha value is -8.20. The highest BCUT2D eigenvalue weighted by molar-refractivity contribution is 6.15. The SMILES string of the molecule is Cc1c(-c2cccc(-c3ccc(-c4ccc(N(c5ccc(-c6ccc7c(ccc8ccccc87)c6)cc5)c5cc6ccccc6c6ccccc56)cc4)cc3)c2)oc2ccccc12. The lowest BCUT2D eigenvalue weighted by Gasteiger charge is -2.28. The standard InChI is InChI=1S/C61H41NO/c1-40-53-15-8-9-20-60(53)63-61(40)50-14-10-13-46(38-50)43-23-21-41(22-24-43)42-27-32-51(33-28-42)62(59-39-48-12-3-5-17-55(48)57-18-6-7-19-58(57)59)52-34-29-44(30-35-52)47-31-36-56-49(37-47)26-25-45-11-2-4-16-54(45)56/h2-39H,1H3. The summed E-state index contributed by atoms with van der Waals surface area (Å²) in [4.78, 5) is 2.41. The average Bonchev–Trinajstić information content (AvgIpc) is 3.70. The molecule has 63 heavy (non-hydrogen) atoms. The van der Waals surface area contributed by atoms with Crippen molar-refractivity contribution >= 4 is 71.1 Å². The zero-order valence-electron chi connectivity index (χ0n) is 34.8. The molecule has 0 saturated carbocycles. The van der Waals surface area contributed by atoms with Gasteiger partial charge in [-0.25, -0.2) is 0 Å². The molecule has 0 fully saturated rings. The smallest absolute Gasteiger partial charge is 0.138 e. The van der Waals surface area contributed by atoms with Gasteiger partial charge in [0.2, 0.25) is 0 Å². The molecule has 0 unspecified atom stereocenters. The third-order valence-electron chi connectivity index (χ3n) is 12.8. The Morgan fingerprint density at radius 1 is 0.302 bits per heavy atom. The van der Waals surface area contributed by atoms with E-state index >= 15 is 0 Å². The van der Waals surface area contributed by atoms with Crippen LogP contribution in [0.25, 0.3) is 98.8 Å². The molecule has 0 aliphatic carbocycles. The molecule has 12 rings (SSSR count). The molecule has 0 spiro atoms. The quantitative estimate of drug-likeness (QED) is 0.149. The molecule has 0 bridgehead atoms. The van der Waals surface area contributed by atoms with Gasteiger partial charge in [-0.2, -0.15) is 0 Å². The maximum Gasteiger partial charge on any atom is 0.138 e. The molecule has 0 aliphatic heterocycles. The molecule has 12 aromatic rings. The van der Waals surface area contributed by atoms with E-state index in [4.69, 9.17) is 4.42 Å². The number of para-hydroxylation sites is 1. The van der Waals surface area contributed by atoms with Crippen LogP contribution in [0.5, 0.6) is 0 Å². The number of benzene rings is 11. The highest BCUT2D eigenvalue weighted by Gasteiger charge is 2.18. The van der Waals surface area contributed by atoms with E-state index in [1.54, 1.807) is 0 Å². The van der Waals surface area contributed by atoms with Crippen LogP contribution in [0.2, 0.25) is 0 Å². The Morgan fingerprint density at radius 3 is 1.44 bits per heavy atom. The number of rotatable bonds is 7. The van der Waals surface area contributed by atoms with Gasteiger partial charge in [0.05, 0.1) is 5.69 Å². The summed E-state index contributed by atoms with van der Waals surface area (Å²) >= 11 is 0. The van der Waals surface area contributed by atoms with E-state index in [0.29, 0.717) is 0 Å². The second-order valence-electron chi connectivity index (χ2n) is 16.5. The molecular formula is C61H41NO. The van der Waals surface area contributed by atoms with Crippen molar-refractivity contribution in [2.45, 2.75) is 6.92 Å². The third kappa shape index (κ3) is 6.43. The molecule has 0 amide bonds. The van der Waals surface area contributed by atoms with Crippen LogP contribution in [-0.2, 0) is 0 Å². The normalized spacial score (nSPS) is 11.6. The van der Waals surface area contributed by atoms with Crippen molar-refractivity contribution in [3.8, 4) is 44.7 Å². The van der Waals surface area contributed by atoms with Crippen LogP contribution in [0.1, 0.15) is 5.56 Å². The number of fused-ring (bicyclic) bond motifs is 7. The van der Waals surface area contributed by atoms with E-state index < -0.39 is 0 Å². The predicted molar refractivity (Wildman–Crippen MR) is 267 cm³/mol. The molecule has 2 heteroatoms. The first kappa shape index (κ1) is 36.6. The van der Waals surface area contributed by atoms with Crippen LogP contribution < -0.4 is 4.90 Å². The van der Waals surface area contributed by atoms with E-state index in [1.165, 1.54) is 76.5 Å². The van der Waals surface area contributed by atoms with Crippen molar-refractivity contribution in [2.24, 2.45) is 0 Å². The topological polar surface area (TPSA) is 16.4 Å². The lowest BCUT2D eigenvalue weighted by molar-refractivity contribution is 0.629. The van der Waals surface area contributed by atoms with Gasteiger partial charge >= 0.3 is 0 Å². The molecule has 0 atom stereocenters. The fourth-order valence-electron chi connectivity index (χ4n) is 9.59. The van der Waals surface area contributed by atoms with Crippen LogP contribution in [-0.4, -0.2) is 0 Å². The van der Waals surface area contributed by atoms with E-state index in [0.717, 1.165) is 44.9 Å². The molecule has 1 heterocycles. The molecule has 0 radical (unpaired) electrons. The number of hydrogen-bond acceptors (Lipinski definition) is 2. The third-order valence-corrected chi connectivity index (χ3v) is 12.8. The first-order chi connectivity index (χ1) is 31.1. The molecule has 0 N–H and O–H groups in total. The van der Waals surface area contributed by atoms with Crippen LogP contribution in [0.3, 0.4) is 0 Å². The predicted octanol–water partition coefficient (Wildman–Crippen LogP) is 17.5. The first-order valence-corrected chi connectivity index (χ1v) is 21.7. The van der Waals surface area contributed by atoms with Crippen LogP contribution in [0.4, 0.5) is 17.1 Å². The monoisotopic (exact) mass is 803 g/mol. The molecule has 0 saturated heterocycles. The maximum absolute atomic E-state index is 6.32. The van der Waals surface area contributed by atoms with Gasteiger partial charge < -0.3 is 9.32 Å². The first-order valence-electron chi connectivity index (χ1n) is 21.7. The van der Waals surface area contributed by atoms with Gasteiger partial charge in [-0.05, 0) is 127 Å². The Balaban J connectivity index is 0.897. The molecule has 11 aromatic carbocycles. The summed E-state index contributed by atoms with van der Waals surface area (Å²) < 4.78 is 6.32. The number of anilines is 3. The van der Waals surface area contributed by atoms with Crippen molar-refractivity contribution in [3.05, 3.63) is 236 Å². The van der Waals surface area contributed by atoms with Gasteiger partial charge in [-0.15, -0.1) is 0 Å². The van der Waals surface area contributed by atoms with Crippen molar-refractivity contribution in [3.63, 3.8) is 0 Å². The zero-order chi connectivity index (χ0) is 41.9. The number of nitrogens with zero attached hydrogens (tertiary/aromatic N) is 1. The fraction of sp³-hybridized carbons (Fsp3) is 0.0164. The summed E-state index contributed by atoms with van der Waals surface area (Å²) in [6.45, 7) is 2.14. The largest absolute Gasteiger partial charge is 0.456 e. The average molecular weight is 804 g/mol. The van der Waals surface area contributed by atoms with E-state index in [-0.39, 0.29) is 0 Å². The highest BCUT2D eigenvalue weighted by Crippen LogP contribution is 2.43.